The van der Waals surface area contributed by atoms with Crippen LogP contribution in [0.2, 0.25) is 0 Å². The number of hydrogen-bond acceptors (Lipinski definition) is 4. The van der Waals surface area contributed by atoms with Gasteiger partial charge in [0, 0.05) is 7.11 Å². The summed E-state index contributed by atoms with van der Waals surface area (Å²) in [5, 5.41) is 5.31. The van der Waals surface area contributed by atoms with E-state index in [-0.39, 0.29) is 4.90 Å². The molecular weight excluding hydrogens is 314 g/mol. The Morgan fingerprint density at radius 1 is 1.04 bits per heavy atom. The Morgan fingerprint density at radius 3 is 2.39 bits per heavy atom. The average molecular weight is 343 g/mol. The summed E-state index contributed by atoms with van der Waals surface area (Å²) in [6.45, 7) is 3.11. The molecule has 0 aliphatic rings. The number of ether oxygens (including phenoxy) is 2. The molecule has 2 N–H and O–H groups in total. The maximum Gasteiger partial charge on any atom is 0.238 e. The first-order valence-electron chi connectivity index (χ1n) is 8.26. The minimum Gasteiger partial charge on any atom is -0.491 e. The van der Waals surface area contributed by atoms with Gasteiger partial charge >= 0.3 is 0 Å². The quantitative estimate of drug-likeness (QED) is 0.591. The van der Waals surface area contributed by atoms with Gasteiger partial charge in [0.15, 0.2) is 0 Å². The van der Waals surface area contributed by atoms with Gasteiger partial charge in [0.2, 0.25) is 10.0 Å². The van der Waals surface area contributed by atoms with E-state index in [0.717, 1.165) is 18.4 Å². The number of sulfonamides is 1. The SMILES string of the molecule is CCCCCCCCc1cc(OCCOC)ccc1S(N)(=O)=O. The molecule has 0 saturated carbocycles. The zero-order valence-electron chi connectivity index (χ0n) is 14.2. The van der Waals surface area contributed by atoms with Crippen LogP contribution >= 0.6 is 0 Å². The summed E-state index contributed by atoms with van der Waals surface area (Å²) in [6, 6.07) is 4.95. The highest BCUT2D eigenvalue weighted by atomic mass is 32.2. The number of nitrogens with two attached hydrogens (primary N) is 1. The number of rotatable bonds is 12. The van der Waals surface area contributed by atoms with Crippen LogP contribution in [0.1, 0.15) is 51.0 Å². The smallest absolute Gasteiger partial charge is 0.238 e. The predicted molar refractivity (Wildman–Crippen MR) is 92.3 cm³/mol. The Labute approximate surface area is 140 Å². The molecule has 6 heteroatoms. The molecule has 0 heterocycles. The molecule has 0 aromatic heterocycles. The van der Waals surface area contributed by atoms with Gasteiger partial charge in [0.25, 0.3) is 0 Å². The molecule has 23 heavy (non-hydrogen) atoms. The van der Waals surface area contributed by atoms with Gasteiger partial charge < -0.3 is 9.47 Å². The number of unbranched alkanes of at least 4 members (excludes halogenated alkanes) is 5. The van der Waals surface area contributed by atoms with Crippen LogP contribution in [0.4, 0.5) is 0 Å². The van der Waals surface area contributed by atoms with Gasteiger partial charge in [0.1, 0.15) is 12.4 Å². The summed E-state index contributed by atoms with van der Waals surface area (Å²) >= 11 is 0. The maximum absolute atomic E-state index is 11.7. The van der Waals surface area contributed by atoms with Crippen LogP contribution in [-0.2, 0) is 21.2 Å². The van der Waals surface area contributed by atoms with Gasteiger partial charge in [-0.25, -0.2) is 13.6 Å². The van der Waals surface area contributed by atoms with E-state index in [9.17, 15) is 8.42 Å². The molecule has 1 aromatic rings. The third-order valence-electron chi connectivity index (χ3n) is 3.69. The van der Waals surface area contributed by atoms with E-state index in [1.807, 2.05) is 0 Å². The molecule has 1 rings (SSSR count). The third-order valence-corrected chi connectivity index (χ3v) is 4.71. The zero-order valence-corrected chi connectivity index (χ0v) is 15.0. The van der Waals surface area contributed by atoms with Crippen LogP contribution in [0.25, 0.3) is 0 Å². The number of primary sulfonamides is 1. The summed E-state index contributed by atoms with van der Waals surface area (Å²) in [6.07, 6.45) is 7.63. The fraction of sp³-hybridized carbons (Fsp3) is 0.647. The van der Waals surface area contributed by atoms with E-state index in [1.165, 1.54) is 31.7 Å². The van der Waals surface area contributed by atoms with Crippen molar-refractivity contribution in [2.24, 2.45) is 5.14 Å². The Hall–Kier alpha value is -1.11. The van der Waals surface area contributed by atoms with Crippen molar-refractivity contribution in [3.05, 3.63) is 23.8 Å². The number of aryl methyl sites for hydroxylation is 1. The van der Waals surface area contributed by atoms with Gasteiger partial charge in [-0.1, -0.05) is 39.0 Å². The first-order chi connectivity index (χ1) is 11.0. The van der Waals surface area contributed by atoms with Gasteiger partial charge in [0.05, 0.1) is 11.5 Å². The Bertz CT molecular complexity index is 558. The molecule has 0 bridgehead atoms. The zero-order chi connectivity index (χ0) is 17.1. The number of methoxy groups -OCH3 is 1. The second-order valence-corrected chi connectivity index (χ2v) is 7.20. The fourth-order valence-electron chi connectivity index (χ4n) is 2.46. The molecule has 0 aliphatic heterocycles. The van der Waals surface area contributed by atoms with Crippen molar-refractivity contribution in [1.82, 2.24) is 0 Å². The highest BCUT2D eigenvalue weighted by Crippen LogP contribution is 2.23. The van der Waals surface area contributed by atoms with Crippen LogP contribution in [0.15, 0.2) is 23.1 Å². The Morgan fingerprint density at radius 2 is 1.74 bits per heavy atom. The van der Waals surface area contributed by atoms with Crippen molar-refractivity contribution in [2.45, 2.75) is 56.8 Å². The van der Waals surface area contributed by atoms with Crippen molar-refractivity contribution in [2.75, 3.05) is 20.3 Å². The lowest BCUT2D eigenvalue weighted by Crippen LogP contribution is -2.15. The minimum atomic E-state index is -3.71. The summed E-state index contributed by atoms with van der Waals surface area (Å²) in [7, 11) is -2.10. The lowest BCUT2D eigenvalue weighted by Gasteiger charge is -2.11. The largest absolute Gasteiger partial charge is 0.491 e. The average Bonchev–Trinajstić information content (AvgIpc) is 2.50. The molecule has 0 unspecified atom stereocenters. The first-order valence-corrected chi connectivity index (χ1v) is 9.81. The Balaban J connectivity index is 2.69. The molecule has 0 spiro atoms. The van der Waals surface area contributed by atoms with Gasteiger partial charge in [-0.3, -0.25) is 0 Å². The van der Waals surface area contributed by atoms with Crippen molar-refractivity contribution < 1.29 is 17.9 Å². The second-order valence-electron chi connectivity index (χ2n) is 5.67. The highest BCUT2D eigenvalue weighted by molar-refractivity contribution is 7.89. The predicted octanol–water partition coefficient (Wildman–Crippen LogP) is 3.26. The minimum absolute atomic E-state index is 0.199. The molecular formula is C17H29NO4S. The molecule has 0 aliphatic carbocycles. The monoisotopic (exact) mass is 343 g/mol. The van der Waals surface area contributed by atoms with E-state index in [1.54, 1.807) is 19.2 Å². The van der Waals surface area contributed by atoms with E-state index in [0.29, 0.717) is 25.4 Å². The third kappa shape index (κ3) is 7.81. The number of hydrogen-bond donors (Lipinski definition) is 1. The first kappa shape index (κ1) is 19.9. The molecule has 132 valence electrons. The van der Waals surface area contributed by atoms with Crippen LogP contribution in [0.3, 0.4) is 0 Å². The van der Waals surface area contributed by atoms with Crippen LogP contribution in [0, 0.1) is 0 Å². The van der Waals surface area contributed by atoms with Crippen LogP contribution in [0.5, 0.6) is 5.75 Å². The van der Waals surface area contributed by atoms with Crippen molar-refractivity contribution >= 4 is 10.0 Å². The summed E-state index contributed by atoms with van der Waals surface area (Å²) in [4.78, 5) is 0.199. The van der Waals surface area contributed by atoms with Crippen molar-refractivity contribution in [3.8, 4) is 5.75 Å². The topological polar surface area (TPSA) is 78.6 Å². The molecule has 0 fully saturated rings. The van der Waals surface area contributed by atoms with Crippen molar-refractivity contribution in [1.29, 1.82) is 0 Å². The molecule has 0 radical (unpaired) electrons. The summed E-state index contributed by atoms with van der Waals surface area (Å²) in [5.41, 5.74) is 0.734. The summed E-state index contributed by atoms with van der Waals surface area (Å²) < 4.78 is 33.9. The van der Waals surface area contributed by atoms with E-state index >= 15 is 0 Å². The normalized spacial score (nSPS) is 11.6. The van der Waals surface area contributed by atoms with Crippen LogP contribution in [-0.4, -0.2) is 28.7 Å². The second kappa shape index (κ2) is 10.6. The molecule has 1 aromatic carbocycles. The van der Waals surface area contributed by atoms with E-state index in [2.05, 4.69) is 6.92 Å². The molecule has 0 amide bonds. The molecule has 0 saturated heterocycles. The van der Waals surface area contributed by atoms with Gasteiger partial charge in [-0.05, 0) is 36.6 Å². The van der Waals surface area contributed by atoms with Crippen LogP contribution < -0.4 is 9.88 Å². The van der Waals surface area contributed by atoms with E-state index < -0.39 is 10.0 Å². The Kier molecular flexibility index (Phi) is 9.21. The van der Waals surface area contributed by atoms with E-state index in [4.69, 9.17) is 14.6 Å². The fourth-order valence-corrected chi connectivity index (χ4v) is 3.24. The van der Waals surface area contributed by atoms with Crippen molar-refractivity contribution in [3.63, 3.8) is 0 Å². The highest BCUT2D eigenvalue weighted by Gasteiger charge is 2.14. The standard InChI is InChI=1S/C17H29NO4S/c1-3-4-5-6-7-8-9-15-14-16(22-13-12-21-2)10-11-17(15)23(18,19)20/h10-11,14H,3-9,12-13H2,1-2H3,(H2,18,19,20). The lowest BCUT2D eigenvalue weighted by atomic mass is 10.0. The molecule has 0 atom stereocenters. The maximum atomic E-state index is 11.7. The van der Waals surface area contributed by atoms with Gasteiger partial charge in [-0.15, -0.1) is 0 Å². The summed E-state index contributed by atoms with van der Waals surface area (Å²) in [5.74, 6) is 0.649. The number of benzene rings is 1. The lowest BCUT2D eigenvalue weighted by molar-refractivity contribution is 0.146. The van der Waals surface area contributed by atoms with Gasteiger partial charge in [-0.2, -0.15) is 0 Å². The molecule has 5 nitrogen and oxygen atoms in total.